The second-order valence-corrected chi connectivity index (χ2v) is 6.01. The molecule has 1 aliphatic heterocycles. The minimum absolute atomic E-state index is 0.142. The molecule has 8 heteroatoms. The number of aromatic carboxylic acids is 1. The Morgan fingerprint density at radius 3 is 2.62 bits per heavy atom. The first-order chi connectivity index (χ1) is 11.5. The fourth-order valence-corrected chi connectivity index (χ4v) is 3.47. The minimum Gasteiger partial charge on any atom is -0.495 e. The molecule has 1 spiro atoms. The molecule has 0 unspecified atom stereocenters. The van der Waals surface area contributed by atoms with E-state index in [-0.39, 0.29) is 17.5 Å². The number of carbonyl (C=O) groups is 1. The normalized spacial score (nSPS) is 19.6. The van der Waals surface area contributed by atoms with Crippen LogP contribution in [0.15, 0.2) is 28.2 Å². The van der Waals surface area contributed by atoms with Gasteiger partial charge < -0.3 is 21.3 Å². The number of nitrogens with two attached hydrogens (primary N) is 2. The van der Waals surface area contributed by atoms with Gasteiger partial charge in [0.15, 0.2) is 0 Å². The monoisotopic (exact) mass is 331 g/mol. The predicted octanol–water partition coefficient (Wildman–Crippen LogP) is 1.50. The van der Waals surface area contributed by atoms with Crippen LogP contribution in [0.3, 0.4) is 0 Å². The molecule has 3 rings (SSSR count). The highest BCUT2D eigenvalue weighted by molar-refractivity contribution is 6.06. The number of benzene rings is 1. The van der Waals surface area contributed by atoms with Crippen molar-refractivity contribution in [2.24, 2.45) is 21.5 Å². The molecule has 128 valence electrons. The molecule has 0 atom stereocenters. The highest BCUT2D eigenvalue weighted by Crippen LogP contribution is 2.42. The molecule has 1 aromatic rings. The lowest BCUT2D eigenvalue weighted by molar-refractivity contribution is 0.0696. The molecule has 1 heterocycles. The molecule has 0 aromatic heterocycles. The van der Waals surface area contributed by atoms with Gasteiger partial charge >= 0.3 is 5.97 Å². The zero-order valence-corrected chi connectivity index (χ0v) is 13.5. The molecule has 0 amide bonds. The number of hydrogen-bond donors (Lipinski definition) is 3. The Bertz CT molecular complexity index is 722. The van der Waals surface area contributed by atoms with Crippen LogP contribution in [0, 0.1) is 0 Å². The van der Waals surface area contributed by atoms with Crippen molar-refractivity contribution in [2.45, 2.75) is 37.8 Å². The van der Waals surface area contributed by atoms with E-state index in [1.807, 2.05) is 4.90 Å². The lowest BCUT2D eigenvalue weighted by Crippen LogP contribution is -2.58. The summed E-state index contributed by atoms with van der Waals surface area (Å²) in [4.78, 5) is 21.7. The van der Waals surface area contributed by atoms with Gasteiger partial charge in [0.25, 0.3) is 0 Å². The van der Waals surface area contributed by atoms with E-state index >= 15 is 0 Å². The number of carboxylic acid groups (broad SMARTS) is 1. The van der Waals surface area contributed by atoms with E-state index in [1.54, 1.807) is 6.07 Å². The molecule has 8 nitrogen and oxygen atoms in total. The van der Waals surface area contributed by atoms with Gasteiger partial charge in [-0.15, -0.1) is 0 Å². The van der Waals surface area contributed by atoms with Crippen molar-refractivity contribution in [2.75, 3.05) is 12.0 Å². The summed E-state index contributed by atoms with van der Waals surface area (Å²) in [6.45, 7) is 0. The Balaban J connectivity index is 2.12. The van der Waals surface area contributed by atoms with Crippen molar-refractivity contribution >= 4 is 23.6 Å². The average Bonchev–Trinajstić information content (AvgIpc) is 2.54. The molecule has 24 heavy (non-hydrogen) atoms. The van der Waals surface area contributed by atoms with Crippen molar-refractivity contribution in [3.63, 3.8) is 0 Å². The van der Waals surface area contributed by atoms with Crippen LogP contribution in [0.4, 0.5) is 5.69 Å². The average molecular weight is 331 g/mol. The summed E-state index contributed by atoms with van der Waals surface area (Å²) in [5.41, 5.74) is 12.2. The zero-order chi connectivity index (χ0) is 17.3. The number of rotatable bonds is 3. The van der Waals surface area contributed by atoms with E-state index in [9.17, 15) is 9.90 Å². The Labute approximate surface area is 139 Å². The maximum Gasteiger partial charge on any atom is 0.335 e. The van der Waals surface area contributed by atoms with Crippen LogP contribution in [0.2, 0.25) is 0 Å². The molecule has 1 fully saturated rings. The molecule has 1 aromatic carbocycles. The third-order valence-electron chi connectivity index (χ3n) is 4.52. The highest BCUT2D eigenvalue weighted by Gasteiger charge is 2.43. The SMILES string of the molecule is COc1cc(C(=O)O)ccc1N1C(N)=NC(N)=NC12CCCCC2. The quantitative estimate of drug-likeness (QED) is 0.770. The number of carboxylic acids is 1. The number of guanidine groups is 2. The lowest BCUT2D eigenvalue weighted by Gasteiger charge is -2.45. The predicted molar refractivity (Wildman–Crippen MR) is 91.5 cm³/mol. The van der Waals surface area contributed by atoms with Gasteiger partial charge in [-0.1, -0.05) is 6.42 Å². The smallest absolute Gasteiger partial charge is 0.335 e. The molecular formula is C16H21N5O3. The minimum atomic E-state index is -1.02. The molecule has 0 saturated heterocycles. The van der Waals surface area contributed by atoms with Crippen molar-refractivity contribution in [3.05, 3.63) is 23.8 Å². The number of ether oxygens (including phenoxy) is 1. The van der Waals surface area contributed by atoms with Crippen molar-refractivity contribution in [3.8, 4) is 5.75 Å². The van der Waals surface area contributed by atoms with Gasteiger partial charge in [-0.05, 0) is 43.9 Å². The van der Waals surface area contributed by atoms with Crippen LogP contribution in [-0.2, 0) is 0 Å². The van der Waals surface area contributed by atoms with Gasteiger partial charge in [-0.2, -0.15) is 4.99 Å². The number of methoxy groups -OCH3 is 1. The Morgan fingerprint density at radius 2 is 2.00 bits per heavy atom. The first-order valence-electron chi connectivity index (χ1n) is 7.88. The second kappa shape index (κ2) is 6.03. The van der Waals surface area contributed by atoms with Gasteiger partial charge in [-0.3, -0.25) is 4.90 Å². The van der Waals surface area contributed by atoms with E-state index in [0.29, 0.717) is 11.4 Å². The van der Waals surface area contributed by atoms with Gasteiger partial charge in [0.1, 0.15) is 11.4 Å². The summed E-state index contributed by atoms with van der Waals surface area (Å²) < 4.78 is 5.40. The second-order valence-electron chi connectivity index (χ2n) is 6.01. The summed E-state index contributed by atoms with van der Waals surface area (Å²) >= 11 is 0. The molecule has 1 saturated carbocycles. The first-order valence-corrected chi connectivity index (χ1v) is 7.88. The Hall–Kier alpha value is -2.77. The van der Waals surface area contributed by atoms with Gasteiger partial charge in [0.05, 0.1) is 18.4 Å². The van der Waals surface area contributed by atoms with Gasteiger partial charge in [0.2, 0.25) is 11.9 Å². The van der Waals surface area contributed by atoms with E-state index in [2.05, 4.69) is 9.98 Å². The molecular weight excluding hydrogens is 310 g/mol. The van der Waals surface area contributed by atoms with Crippen LogP contribution in [0.5, 0.6) is 5.75 Å². The Morgan fingerprint density at radius 1 is 1.29 bits per heavy atom. The number of hydrogen-bond acceptors (Lipinski definition) is 7. The van der Waals surface area contributed by atoms with Crippen LogP contribution < -0.4 is 21.1 Å². The lowest BCUT2D eigenvalue weighted by atomic mass is 9.87. The number of anilines is 1. The maximum atomic E-state index is 11.2. The van der Waals surface area contributed by atoms with Gasteiger partial charge in [0, 0.05) is 0 Å². The third-order valence-corrected chi connectivity index (χ3v) is 4.52. The van der Waals surface area contributed by atoms with Crippen LogP contribution in [-0.4, -0.2) is 35.8 Å². The Kier molecular flexibility index (Phi) is 4.04. The number of nitrogens with zero attached hydrogens (tertiary/aromatic N) is 3. The first kappa shape index (κ1) is 16.1. The summed E-state index contributed by atoms with van der Waals surface area (Å²) in [5.74, 6) is -0.194. The topological polar surface area (TPSA) is 127 Å². The molecule has 0 radical (unpaired) electrons. The van der Waals surface area contributed by atoms with E-state index in [0.717, 1.165) is 32.1 Å². The highest BCUT2D eigenvalue weighted by atomic mass is 16.5. The number of aliphatic imine (C=N–C) groups is 2. The summed E-state index contributed by atoms with van der Waals surface area (Å²) in [6.07, 6.45) is 4.75. The van der Waals surface area contributed by atoms with Crippen molar-refractivity contribution in [1.29, 1.82) is 0 Å². The summed E-state index contributed by atoms with van der Waals surface area (Å²) in [6, 6.07) is 4.67. The van der Waals surface area contributed by atoms with Crippen molar-refractivity contribution in [1.82, 2.24) is 0 Å². The van der Waals surface area contributed by atoms with Crippen molar-refractivity contribution < 1.29 is 14.6 Å². The molecule has 0 bridgehead atoms. The standard InChI is InChI=1S/C16H21N5O3/c1-24-12-9-10(13(22)23)5-6-11(12)21-15(18)19-14(17)20-16(21)7-3-2-4-8-16/h5-6,9H,2-4,7-8H2,1H3,(H,22,23)(H4,17,18,19,20). The zero-order valence-electron chi connectivity index (χ0n) is 13.5. The molecule has 5 N–H and O–H groups in total. The summed E-state index contributed by atoms with van der Waals surface area (Å²) in [5, 5.41) is 9.18. The fraction of sp³-hybridized carbons (Fsp3) is 0.438. The summed E-state index contributed by atoms with van der Waals surface area (Å²) in [7, 11) is 1.49. The largest absolute Gasteiger partial charge is 0.495 e. The van der Waals surface area contributed by atoms with E-state index in [1.165, 1.54) is 19.2 Å². The van der Waals surface area contributed by atoms with E-state index in [4.69, 9.17) is 16.2 Å². The van der Waals surface area contributed by atoms with Crippen LogP contribution in [0.1, 0.15) is 42.5 Å². The van der Waals surface area contributed by atoms with Crippen LogP contribution >= 0.6 is 0 Å². The van der Waals surface area contributed by atoms with Crippen LogP contribution in [0.25, 0.3) is 0 Å². The maximum absolute atomic E-state index is 11.2. The molecule has 2 aliphatic rings. The third kappa shape index (κ3) is 2.64. The van der Waals surface area contributed by atoms with E-state index < -0.39 is 11.6 Å². The fourth-order valence-electron chi connectivity index (χ4n) is 3.47. The van der Waals surface area contributed by atoms with Gasteiger partial charge in [-0.25, -0.2) is 9.79 Å². The molecule has 1 aliphatic carbocycles.